The van der Waals surface area contributed by atoms with E-state index in [1.165, 1.54) is 48.9 Å². The topological polar surface area (TPSA) is 157 Å². The third-order valence-electron chi connectivity index (χ3n) is 3.17. The summed E-state index contributed by atoms with van der Waals surface area (Å²) in [6, 6.07) is 0. The van der Waals surface area contributed by atoms with E-state index >= 15 is 0 Å². The molecule has 4 aromatic rings. The minimum absolute atomic E-state index is 0.197. The average molecular weight is 354 g/mol. The predicted octanol–water partition coefficient (Wildman–Crippen LogP) is -1.10. The van der Waals surface area contributed by atoms with E-state index in [0.717, 1.165) is 0 Å². The Morgan fingerprint density at radius 3 is 1.54 bits per heavy atom. The van der Waals surface area contributed by atoms with Gasteiger partial charge in [0.15, 0.2) is 12.7 Å². The van der Waals surface area contributed by atoms with Gasteiger partial charge in [0.05, 0.1) is 26.6 Å². The molecule has 0 bridgehead atoms. The van der Waals surface area contributed by atoms with E-state index < -0.39 is 0 Å². The van der Waals surface area contributed by atoms with E-state index in [-0.39, 0.29) is 23.4 Å². The van der Waals surface area contributed by atoms with E-state index in [2.05, 4.69) is 50.8 Å². The highest BCUT2D eigenvalue weighted by Crippen LogP contribution is 2.24. The van der Waals surface area contributed by atoms with Crippen LogP contribution in [0.3, 0.4) is 0 Å². The minimum atomic E-state index is 0.197. The first-order chi connectivity index (χ1) is 12.8. The fourth-order valence-electron chi connectivity index (χ4n) is 2.05. The lowest BCUT2D eigenvalue weighted by Gasteiger charge is -2.09. The molecule has 0 amide bonds. The number of aromatic nitrogens is 12. The maximum atomic E-state index is 5.26. The number of hydrogen-bond acceptors (Lipinski definition) is 12. The fourth-order valence-corrected chi connectivity index (χ4v) is 2.05. The van der Waals surface area contributed by atoms with Crippen molar-refractivity contribution in [2.75, 3.05) is 14.2 Å². The Morgan fingerprint density at radius 1 is 0.731 bits per heavy atom. The summed E-state index contributed by atoms with van der Waals surface area (Å²) >= 11 is 0. The molecule has 130 valence electrons. The molecule has 0 fully saturated rings. The highest BCUT2D eigenvalue weighted by atomic mass is 16.5. The Hall–Kier alpha value is -4.10. The summed E-state index contributed by atoms with van der Waals surface area (Å²) in [5.41, 5.74) is 0.823. The molecule has 0 aliphatic rings. The molecular weight excluding hydrogens is 344 g/mol. The fraction of sp³-hybridized carbons (Fsp3) is 0.167. The molecule has 14 nitrogen and oxygen atoms in total. The molecule has 14 heteroatoms. The molecular formula is C12H10N12O2. The van der Waals surface area contributed by atoms with Crippen molar-refractivity contribution in [3.63, 3.8) is 0 Å². The van der Waals surface area contributed by atoms with Crippen LogP contribution in [0.4, 0.5) is 0 Å². The van der Waals surface area contributed by atoms with Crippen LogP contribution >= 0.6 is 0 Å². The van der Waals surface area contributed by atoms with Crippen LogP contribution in [-0.4, -0.2) is 74.6 Å². The van der Waals surface area contributed by atoms with Crippen LogP contribution in [0.1, 0.15) is 0 Å². The highest BCUT2D eigenvalue weighted by Gasteiger charge is 2.17. The minimum Gasteiger partial charge on any atom is -0.478 e. The van der Waals surface area contributed by atoms with Crippen molar-refractivity contribution >= 4 is 0 Å². The van der Waals surface area contributed by atoms with Gasteiger partial charge in [0, 0.05) is 0 Å². The molecule has 0 aromatic carbocycles. The SMILES string of the molecule is COc1nc(-c2cnc(-n3ncnn3)c(OC)n2)cnc1-n1ncnn1. The van der Waals surface area contributed by atoms with Gasteiger partial charge in [0.1, 0.15) is 11.4 Å². The molecule has 0 spiro atoms. The van der Waals surface area contributed by atoms with Gasteiger partial charge in [0.25, 0.3) is 11.8 Å². The van der Waals surface area contributed by atoms with Crippen LogP contribution in [-0.2, 0) is 0 Å². The van der Waals surface area contributed by atoms with E-state index in [1.54, 1.807) is 0 Å². The van der Waals surface area contributed by atoms with Crippen molar-refractivity contribution in [3.05, 3.63) is 25.0 Å². The van der Waals surface area contributed by atoms with Crippen LogP contribution in [0.2, 0.25) is 0 Å². The van der Waals surface area contributed by atoms with E-state index in [1.807, 2.05) is 0 Å². The van der Waals surface area contributed by atoms with Crippen molar-refractivity contribution < 1.29 is 9.47 Å². The number of tetrazole rings is 2. The zero-order valence-electron chi connectivity index (χ0n) is 13.5. The lowest BCUT2D eigenvalue weighted by atomic mass is 10.3. The van der Waals surface area contributed by atoms with Crippen LogP contribution in [0.15, 0.2) is 25.0 Å². The first kappa shape index (κ1) is 15.4. The van der Waals surface area contributed by atoms with Gasteiger partial charge in [-0.2, -0.15) is 0 Å². The molecule has 0 radical (unpaired) electrons. The molecule has 0 unspecified atom stereocenters. The van der Waals surface area contributed by atoms with Crippen molar-refractivity contribution in [2.45, 2.75) is 0 Å². The van der Waals surface area contributed by atoms with Crippen LogP contribution in [0, 0.1) is 0 Å². The van der Waals surface area contributed by atoms with Crippen molar-refractivity contribution in [2.24, 2.45) is 0 Å². The van der Waals surface area contributed by atoms with Crippen LogP contribution < -0.4 is 9.47 Å². The quantitative estimate of drug-likeness (QED) is 0.426. The predicted molar refractivity (Wildman–Crippen MR) is 81.6 cm³/mol. The van der Waals surface area contributed by atoms with Gasteiger partial charge in [0.2, 0.25) is 11.6 Å². The molecule has 0 atom stereocenters. The highest BCUT2D eigenvalue weighted by molar-refractivity contribution is 5.56. The number of hydrogen-bond donors (Lipinski definition) is 0. The van der Waals surface area contributed by atoms with Crippen molar-refractivity contribution in [1.82, 2.24) is 60.4 Å². The smallest absolute Gasteiger partial charge is 0.262 e. The Bertz CT molecular complexity index is 933. The third kappa shape index (κ3) is 2.64. The van der Waals surface area contributed by atoms with Crippen LogP contribution in [0.5, 0.6) is 11.8 Å². The number of ether oxygens (including phenoxy) is 2. The molecule has 4 heterocycles. The van der Waals surface area contributed by atoms with E-state index in [9.17, 15) is 0 Å². The Labute approximate surface area is 144 Å². The Morgan fingerprint density at radius 2 is 1.19 bits per heavy atom. The van der Waals surface area contributed by atoms with Gasteiger partial charge in [-0.05, 0) is 10.4 Å². The van der Waals surface area contributed by atoms with E-state index in [4.69, 9.17) is 9.47 Å². The zero-order valence-corrected chi connectivity index (χ0v) is 13.5. The summed E-state index contributed by atoms with van der Waals surface area (Å²) in [5.74, 6) is 0.973. The molecule has 4 aromatic heterocycles. The second-order valence-corrected chi connectivity index (χ2v) is 4.63. The van der Waals surface area contributed by atoms with Crippen LogP contribution in [0.25, 0.3) is 23.0 Å². The molecule has 0 N–H and O–H groups in total. The van der Waals surface area contributed by atoms with Gasteiger partial charge in [-0.3, -0.25) is 0 Å². The Kier molecular flexibility index (Phi) is 3.81. The molecule has 0 saturated carbocycles. The van der Waals surface area contributed by atoms with Crippen molar-refractivity contribution in [1.29, 1.82) is 0 Å². The van der Waals surface area contributed by atoms with Gasteiger partial charge in [-0.15, -0.1) is 30.0 Å². The number of nitrogens with zero attached hydrogens (tertiary/aromatic N) is 12. The maximum absolute atomic E-state index is 5.26. The molecule has 26 heavy (non-hydrogen) atoms. The monoisotopic (exact) mass is 354 g/mol. The first-order valence-electron chi connectivity index (χ1n) is 7.09. The lowest BCUT2D eigenvalue weighted by Crippen LogP contribution is -2.09. The van der Waals surface area contributed by atoms with E-state index in [0.29, 0.717) is 11.4 Å². The number of rotatable bonds is 5. The standard InChI is InChI=1S/C12H10N12O2/c1-25-11-9(23-17-5-15-21-23)13-3-7(19-11)8-4-14-10(12(20-8)26-2)24-18-6-16-22-24/h3-6H,1-2H3. The third-order valence-corrected chi connectivity index (χ3v) is 3.17. The molecule has 0 saturated heterocycles. The molecule has 0 aliphatic heterocycles. The second kappa shape index (κ2) is 6.42. The summed E-state index contributed by atoms with van der Waals surface area (Å²) in [7, 11) is 2.92. The van der Waals surface area contributed by atoms with Gasteiger partial charge in [-0.25, -0.2) is 19.9 Å². The number of methoxy groups -OCH3 is 2. The normalized spacial score (nSPS) is 10.7. The second-order valence-electron chi connectivity index (χ2n) is 4.63. The zero-order chi connectivity index (χ0) is 17.9. The first-order valence-corrected chi connectivity index (χ1v) is 7.09. The summed E-state index contributed by atoms with van der Waals surface area (Å²) in [6.45, 7) is 0. The van der Waals surface area contributed by atoms with Gasteiger partial charge < -0.3 is 9.47 Å². The van der Waals surface area contributed by atoms with Gasteiger partial charge >= 0.3 is 0 Å². The maximum Gasteiger partial charge on any atom is 0.262 e. The van der Waals surface area contributed by atoms with Gasteiger partial charge in [-0.1, -0.05) is 0 Å². The summed E-state index contributed by atoms with van der Waals surface area (Å²) in [4.78, 5) is 19.6. The average Bonchev–Trinajstić information content (AvgIpc) is 3.41. The lowest BCUT2D eigenvalue weighted by molar-refractivity contribution is 0.388. The largest absolute Gasteiger partial charge is 0.478 e. The molecule has 0 aliphatic carbocycles. The van der Waals surface area contributed by atoms with Crippen molar-refractivity contribution in [3.8, 4) is 34.8 Å². The molecule has 4 rings (SSSR count). The summed E-state index contributed by atoms with van der Waals surface area (Å²) in [6.07, 6.45) is 5.53. The summed E-state index contributed by atoms with van der Waals surface area (Å²) in [5, 5.41) is 22.6. The Balaban J connectivity index is 1.76. The summed E-state index contributed by atoms with van der Waals surface area (Å²) < 4.78 is 10.5.